The number of anilines is 1. The van der Waals surface area contributed by atoms with Crippen molar-refractivity contribution >= 4 is 40.4 Å². The second kappa shape index (κ2) is 16.0. The molecular formula is C40H48N8O5S. The first kappa shape index (κ1) is 38.5. The first-order valence-electron chi connectivity index (χ1n) is 18.1. The van der Waals surface area contributed by atoms with E-state index in [4.69, 9.17) is 5.73 Å². The van der Waals surface area contributed by atoms with E-state index in [2.05, 4.69) is 25.8 Å². The molecule has 2 aromatic heterocycles. The molecule has 284 valence electrons. The van der Waals surface area contributed by atoms with Crippen LogP contribution in [0.3, 0.4) is 0 Å². The van der Waals surface area contributed by atoms with Gasteiger partial charge in [-0.2, -0.15) is 0 Å². The van der Waals surface area contributed by atoms with E-state index in [1.54, 1.807) is 29.5 Å². The minimum atomic E-state index is -0.933. The molecule has 1 saturated heterocycles. The lowest BCUT2D eigenvalue weighted by molar-refractivity contribution is -0.144. The fraction of sp³-hybridized carbons (Fsp3) is 0.400. The molecule has 6 rings (SSSR count). The first-order valence-corrected chi connectivity index (χ1v) is 19.0. The van der Waals surface area contributed by atoms with E-state index < -0.39 is 29.5 Å². The number of benzene rings is 2. The number of carbonyl (C=O) groups is 3. The van der Waals surface area contributed by atoms with E-state index in [1.807, 2.05) is 87.5 Å². The van der Waals surface area contributed by atoms with E-state index >= 15 is 0 Å². The molecule has 0 radical (unpaired) electrons. The van der Waals surface area contributed by atoms with Crippen molar-refractivity contribution in [3.63, 3.8) is 0 Å². The number of amides is 3. The van der Waals surface area contributed by atoms with Gasteiger partial charge in [-0.05, 0) is 60.6 Å². The minimum Gasteiger partial charge on any atom is -0.507 e. The van der Waals surface area contributed by atoms with E-state index in [1.165, 1.54) is 4.90 Å². The zero-order valence-electron chi connectivity index (χ0n) is 31.2. The summed E-state index contributed by atoms with van der Waals surface area (Å²) in [5.41, 5.74) is 13.0. The Labute approximate surface area is 319 Å². The number of likely N-dealkylation sites (tertiary alicyclic amines) is 1. The van der Waals surface area contributed by atoms with Gasteiger partial charge in [0.15, 0.2) is 5.82 Å². The minimum absolute atomic E-state index is 0.00502. The molecule has 2 aliphatic heterocycles. The zero-order valence-corrected chi connectivity index (χ0v) is 32.1. The molecule has 0 spiro atoms. The van der Waals surface area contributed by atoms with Gasteiger partial charge in [-0.1, -0.05) is 63.2 Å². The monoisotopic (exact) mass is 752 g/mol. The highest BCUT2D eigenvalue weighted by Crippen LogP contribution is 2.33. The van der Waals surface area contributed by atoms with Gasteiger partial charge in [-0.15, -0.1) is 21.5 Å². The summed E-state index contributed by atoms with van der Waals surface area (Å²) in [5.74, 6) is -0.714. The third-order valence-electron chi connectivity index (χ3n) is 10.1. The summed E-state index contributed by atoms with van der Waals surface area (Å²) >= 11 is 1.58. The SMILES string of the molecule is Cc1ncsc1-c1ccc([C@H](C)NC(=O)[C@@H]2C[C@@H](O)CN2C(=O)C(NC(=O)CN2CC=C(c3cc(-c4ccccc4O)nnc3N)CC2)C(C)(C)C)cc1. The number of nitrogens with zero attached hydrogens (tertiary/aromatic N) is 5. The van der Waals surface area contributed by atoms with Crippen molar-refractivity contribution in [2.75, 3.05) is 31.9 Å². The van der Waals surface area contributed by atoms with Crippen LogP contribution in [0.15, 0.2) is 66.2 Å². The lowest BCUT2D eigenvalue weighted by Gasteiger charge is -2.36. The number of nitrogens with one attached hydrogen (secondary N) is 2. The van der Waals surface area contributed by atoms with Crippen LogP contribution in [0.4, 0.5) is 5.82 Å². The van der Waals surface area contributed by atoms with Crippen molar-refractivity contribution in [3.8, 4) is 27.4 Å². The van der Waals surface area contributed by atoms with Crippen LogP contribution in [0.25, 0.3) is 27.3 Å². The molecule has 14 heteroatoms. The van der Waals surface area contributed by atoms with Crippen LogP contribution in [0.5, 0.6) is 5.75 Å². The van der Waals surface area contributed by atoms with Crippen LogP contribution in [-0.4, -0.2) is 97.3 Å². The normalized spacial score (nSPS) is 18.9. The number of rotatable bonds is 10. The second-order valence-corrected chi connectivity index (χ2v) is 16.0. The van der Waals surface area contributed by atoms with Crippen molar-refractivity contribution in [2.24, 2.45) is 5.41 Å². The van der Waals surface area contributed by atoms with Crippen LogP contribution < -0.4 is 16.4 Å². The van der Waals surface area contributed by atoms with Crippen LogP contribution in [0, 0.1) is 12.3 Å². The smallest absolute Gasteiger partial charge is 0.246 e. The molecule has 2 aliphatic rings. The van der Waals surface area contributed by atoms with Gasteiger partial charge in [0.05, 0.1) is 40.5 Å². The van der Waals surface area contributed by atoms with E-state index in [-0.39, 0.29) is 48.9 Å². The third kappa shape index (κ3) is 8.61. The van der Waals surface area contributed by atoms with Crippen molar-refractivity contribution in [2.45, 2.75) is 71.7 Å². The Kier molecular flexibility index (Phi) is 11.5. The molecule has 6 N–H and O–H groups in total. The van der Waals surface area contributed by atoms with Gasteiger partial charge in [0, 0.05) is 37.2 Å². The molecule has 13 nitrogen and oxygen atoms in total. The fourth-order valence-electron chi connectivity index (χ4n) is 7.00. The van der Waals surface area contributed by atoms with E-state index in [0.29, 0.717) is 30.8 Å². The maximum Gasteiger partial charge on any atom is 0.246 e. The van der Waals surface area contributed by atoms with Crippen LogP contribution in [-0.2, 0) is 14.4 Å². The largest absolute Gasteiger partial charge is 0.507 e. The molecular weight excluding hydrogens is 705 g/mol. The second-order valence-electron chi connectivity index (χ2n) is 15.1. The average molecular weight is 753 g/mol. The number of phenolic OH excluding ortho intramolecular Hbond substituents is 1. The van der Waals surface area contributed by atoms with Crippen molar-refractivity contribution in [3.05, 3.63) is 83.0 Å². The number of thiazole rings is 1. The predicted octanol–water partition coefficient (Wildman–Crippen LogP) is 4.32. The Morgan fingerprint density at radius 2 is 1.80 bits per heavy atom. The zero-order chi connectivity index (χ0) is 38.7. The Balaban J connectivity index is 1.08. The Bertz CT molecular complexity index is 2040. The Hall–Kier alpha value is -5.18. The molecule has 0 bridgehead atoms. The fourth-order valence-corrected chi connectivity index (χ4v) is 7.82. The average Bonchev–Trinajstić information content (AvgIpc) is 3.76. The lowest BCUT2D eigenvalue weighted by atomic mass is 9.85. The van der Waals surface area contributed by atoms with Gasteiger partial charge in [-0.25, -0.2) is 4.98 Å². The first-order chi connectivity index (χ1) is 25.7. The van der Waals surface area contributed by atoms with Gasteiger partial charge in [-0.3, -0.25) is 19.3 Å². The standard InChI is InChI=1S/C40H48N8O5S/c1-23(25-10-12-27(13-11-25)35-24(2)42-22-54-35)43-38(52)32-18-28(49)20-48(32)39(53)36(40(3,4)5)44-34(51)21-47-16-14-26(15-17-47)30-19-31(45-46-37(30)41)29-8-6-7-9-33(29)50/h6-14,19,22-23,28,32,36,49-50H,15-18,20-21H2,1-5H3,(H2,41,46)(H,43,52)(H,44,51)/t23-,28+,32-,36?/m0/s1. The number of hydrogen-bond acceptors (Lipinski definition) is 11. The molecule has 4 heterocycles. The molecule has 2 aromatic carbocycles. The molecule has 4 aromatic rings. The summed E-state index contributed by atoms with van der Waals surface area (Å²) in [5, 5.41) is 35.2. The third-order valence-corrected chi connectivity index (χ3v) is 11.0. The highest BCUT2D eigenvalue weighted by Gasteiger charge is 2.44. The van der Waals surface area contributed by atoms with Crippen LogP contribution in [0.1, 0.15) is 63.4 Å². The Morgan fingerprint density at radius 3 is 2.44 bits per heavy atom. The maximum absolute atomic E-state index is 14.2. The van der Waals surface area contributed by atoms with Gasteiger partial charge in [0.1, 0.15) is 17.8 Å². The summed E-state index contributed by atoms with van der Waals surface area (Å²) in [6.45, 7) is 10.5. The highest BCUT2D eigenvalue weighted by molar-refractivity contribution is 7.13. The van der Waals surface area contributed by atoms with Crippen molar-refractivity contribution in [1.82, 2.24) is 35.6 Å². The number of nitrogens with two attached hydrogens (primary N) is 1. The highest BCUT2D eigenvalue weighted by atomic mass is 32.1. The summed E-state index contributed by atoms with van der Waals surface area (Å²) < 4.78 is 0. The lowest BCUT2D eigenvalue weighted by Crippen LogP contribution is -2.58. The molecule has 1 fully saturated rings. The van der Waals surface area contributed by atoms with Gasteiger partial charge in [0.25, 0.3) is 0 Å². The molecule has 0 saturated carbocycles. The molecule has 3 amide bonds. The van der Waals surface area contributed by atoms with Gasteiger partial charge >= 0.3 is 0 Å². The van der Waals surface area contributed by atoms with Gasteiger partial charge < -0.3 is 31.5 Å². The predicted molar refractivity (Wildman–Crippen MR) is 209 cm³/mol. The number of para-hydroxylation sites is 1. The summed E-state index contributed by atoms with van der Waals surface area (Å²) in [4.78, 5) is 50.1. The molecule has 54 heavy (non-hydrogen) atoms. The number of phenols is 1. The number of aromatic hydroxyl groups is 1. The van der Waals surface area contributed by atoms with Gasteiger partial charge in [0.2, 0.25) is 17.7 Å². The summed E-state index contributed by atoms with van der Waals surface area (Å²) in [6.07, 6.45) is 1.83. The number of aromatic nitrogens is 3. The molecule has 0 aliphatic carbocycles. The summed E-state index contributed by atoms with van der Waals surface area (Å²) in [7, 11) is 0. The number of aryl methyl sites for hydroxylation is 1. The number of aliphatic hydroxyl groups is 1. The molecule has 4 atom stereocenters. The number of nitrogen functional groups attached to an aromatic ring is 1. The van der Waals surface area contributed by atoms with Crippen molar-refractivity contribution in [1.29, 1.82) is 0 Å². The number of aliphatic hydroxyl groups excluding tert-OH is 1. The number of carbonyl (C=O) groups excluding carboxylic acids is 3. The van der Waals surface area contributed by atoms with Crippen LogP contribution >= 0.6 is 11.3 Å². The number of β-amino-alcohol motifs (C(OH)–C–C–N with tert-alkyl or cyclic N) is 1. The van der Waals surface area contributed by atoms with Crippen molar-refractivity contribution < 1.29 is 24.6 Å². The van der Waals surface area contributed by atoms with E-state index in [9.17, 15) is 24.6 Å². The topological polar surface area (TPSA) is 187 Å². The number of hydrogen-bond donors (Lipinski definition) is 5. The van der Waals surface area contributed by atoms with Crippen LogP contribution in [0.2, 0.25) is 0 Å². The maximum atomic E-state index is 14.2. The quantitative estimate of drug-likeness (QED) is 0.156. The van der Waals surface area contributed by atoms with E-state index in [0.717, 1.165) is 32.8 Å². The Morgan fingerprint density at radius 1 is 1.06 bits per heavy atom. The summed E-state index contributed by atoms with van der Waals surface area (Å²) in [6, 6.07) is 14.5. The molecule has 1 unspecified atom stereocenters.